The Labute approximate surface area is 141 Å². The number of imide groups is 1. The SMILES string of the molecule is CNC(=O)COC(=O)[C@H](C)N1C(=O)c2cc(Cl)c(Cl)cc2C1=O. The molecule has 0 unspecified atom stereocenters. The molecule has 1 aromatic carbocycles. The molecule has 0 aliphatic carbocycles. The molecule has 0 saturated heterocycles. The maximum atomic E-state index is 12.3. The largest absolute Gasteiger partial charge is 0.454 e. The number of ether oxygens (including phenoxy) is 1. The van der Waals surface area contributed by atoms with Crippen molar-refractivity contribution in [1.82, 2.24) is 10.2 Å². The van der Waals surface area contributed by atoms with E-state index in [1.54, 1.807) is 0 Å². The van der Waals surface area contributed by atoms with Gasteiger partial charge in [0, 0.05) is 7.05 Å². The van der Waals surface area contributed by atoms with Gasteiger partial charge in [0.1, 0.15) is 6.04 Å². The third-order valence-electron chi connectivity index (χ3n) is 3.31. The van der Waals surface area contributed by atoms with Crippen molar-refractivity contribution in [2.45, 2.75) is 13.0 Å². The molecule has 1 aliphatic heterocycles. The molecular weight excluding hydrogens is 347 g/mol. The Morgan fingerprint density at radius 1 is 1.17 bits per heavy atom. The zero-order valence-electron chi connectivity index (χ0n) is 12.2. The Kier molecular flexibility index (Phi) is 4.91. The van der Waals surface area contributed by atoms with E-state index in [-0.39, 0.29) is 21.2 Å². The molecule has 1 aliphatic rings. The summed E-state index contributed by atoms with van der Waals surface area (Å²) >= 11 is 11.7. The number of nitrogens with zero attached hydrogens (tertiary/aromatic N) is 1. The van der Waals surface area contributed by atoms with E-state index in [2.05, 4.69) is 5.32 Å². The van der Waals surface area contributed by atoms with E-state index in [1.165, 1.54) is 26.1 Å². The summed E-state index contributed by atoms with van der Waals surface area (Å²) in [6.07, 6.45) is 0. The molecule has 0 aromatic heterocycles. The highest BCUT2D eigenvalue weighted by molar-refractivity contribution is 6.43. The van der Waals surface area contributed by atoms with E-state index in [1.807, 2.05) is 0 Å². The molecule has 122 valence electrons. The molecule has 0 bridgehead atoms. The van der Waals surface area contributed by atoms with Gasteiger partial charge in [0.15, 0.2) is 6.61 Å². The number of hydrogen-bond acceptors (Lipinski definition) is 5. The number of hydrogen-bond donors (Lipinski definition) is 1. The lowest BCUT2D eigenvalue weighted by molar-refractivity contribution is -0.151. The molecule has 1 atom stereocenters. The van der Waals surface area contributed by atoms with Gasteiger partial charge in [-0.15, -0.1) is 0 Å². The number of rotatable bonds is 4. The Morgan fingerprint density at radius 3 is 2.09 bits per heavy atom. The highest BCUT2D eigenvalue weighted by Crippen LogP contribution is 2.32. The molecule has 0 radical (unpaired) electrons. The molecule has 0 spiro atoms. The van der Waals surface area contributed by atoms with Crippen molar-refractivity contribution in [3.05, 3.63) is 33.3 Å². The minimum absolute atomic E-state index is 0.0651. The highest BCUT2D eigenvalue weighted by atomic mass is 35.5. The van der Waals surface area contributed by atoms with E-state index in [0.29, 0.717) is 0 Å². The van der Waals surface area contributed by atoms with Gasteiger partial charge in [-0.1, -0.05) is 23.2 Å². The van der Waals surface area contributed by atoms with Crippen molar-refractivity contribution in [1.29, 1.82) is 0 Å². The van der Waals surface area contributed by atoms with Crippen LogP contribution in [0.15, 0.2) is 12.1 Å². The number of fused-ring (bicyclic) bond motifs is 1. The van der Waals surface area contributed by atoms with Gasteiger partial charge in [-0.05, 0) is 19.1 Å². The van der Waals surface area contributed by atoms with Gasteiger partial charge in [0.2, 0.25) is 0 Å². The van der Waals surface area contributed by atoms with Gasteiger partial charge in [-0.25, -0.2) is 4.79 Å². The van der Waals surface area contributed by atoms with Crippen LogP contribution < -0.4 is 5.32 Å². The molecule has 2 rings (SSSR count). The normalized spacial score (nSPS) is 14.5. The van der Waals surface area contributed by atoms with Crippen LogP contribution in [-0.4, -0.2) is 48.3 Å². The number of likely N-dealkylation sites (N-methyl/N-ethyl adjacent to an activating group) is 1. The van der Waals surface area contributed by atoms with Gasteiger partial charge in [-0.3, -0.25) is 19.3 Å². The van der Waals surface area contributed by atoms with Gasteiger partial charge in [-0.2, -0.15) is 0 Å². The number of carbonyl (C=O) groups excluding carboxylic acids is 4. The third kappa shape index (κ3) is 3.16. The second-order valence-corrected chi connectivity index (χ2v) is 5.56. The van der Waals surface area contributed by atoms with Gasteiger partial charge >= 0.3 is 5.97 Å². The lowest BCUT2D eigenvalue weighted by Crippen LogP contribution is -2.44. The molecule has 1 N–H and O–H groups in total. The van der Waals surface area contributed by atoms with Crippen LogP contribution in [0, 0.1) is 0 Å². The van der Waals surface area contributed by atoms with E-state index >= 15 is 0 Å². The van der Waals surface area contributed by atoms with Gasteiger partial charge in [0.25, 0.3) is 17.7 Å². The quantitative estimate of drug-likeness (QED) is 0.646. The maximum Gasteiger partial charge on any atom is 0.329 e. The summed E-state index contributed by atoms with van der Waals surface area (Å²) in [4.78, 5) is 48.4. The van der Waals surface area contributed by atoms with Crippen molar-refractivity contribution < 1.29 is 23.9 Å². The van der Waals surface area contributed by atoms with Crippen LogP contribution in [0.4, 0.5) is 0 Å². The van der Waals surface area contributed by atoms with E-state index < -0.39 is 36.3 Å². The van der Waals surface area contributed by atoms with Crippen LogP contribution in [0.25, 0.3) is 0 Å². The Balaban J connectivity index is 2.21. The van der Waals surface area contributed by atoms with Crippen LogP contribution in [0.5, 0.6) is 0 Å². The maximum absolute atomic E-state index is 12.3. The predicted molar refractivity (Wildman–Crippen MR) is 81.4 cm³/mol. The molecule has 1 aromatic rings. The molecule has 23 heavy (non-hydrogen) atoms. The van der Waals surface area contributed by atoms with Crippen LogP contribution in [0.2, 0.25) is 10.0 Å². The van der Waals surface area contributed by atoms with Crippen molar-refractivity contribution in [3.8, 4) is 0 Å². The second kappa shape index (κ2) is 6.55. The van der Waals surface area contributed by atoms with Crippen LogP contribution in [-0.2, 0) is 14.3 Å². The summed E-state index contributed by atoms with van der Waals surface area (Å²) in [7, 11) is 1.39. The van der Waals surface area contributed by atoms with Gasteiger partial charge < -0.3 is 10.1 Å². The zero-order valence-corrected chi connectivity index (χ0v) is 13.7. The average molecular weight is 359 g/mol. The molecular formula is C14H12Cl2N2O5. The Morgan fingerprint density at radius 2 is 1.65 bits per heavy atom. The van der Waals surface area contributed by atoms with Crippen LogP contribution in [0.1, 0.15) is 27.6 Å². The molecule has 0 fully saturated rings. The first kappa shape index (κ1) is 17.2. The third-order valence-corrected chi connectivity index (χ3v) is 4.03. The van der Waals surface area contributed by atoms with E-state index in [0.717, 1.165) is 4.90 Å². The fourth-order valence-corrected chi connectivity index (χ4v) is 2.37. The molecule has 9 heteroatoms. The lowest BCUT2D eigenvalue weighted by Gasteiger charge is -2.20. The van der Waals surface area contributed by atoms with Crippen molar-refractivity contribution in [2.24, 2.45) is 0 Å². The summed E-state index contributed by atoms with van der Waals surface area (Å²) in [5.41, 5.74) is 0.130. The average Bonchev–Trinajstić information content (AvgIpc) is 2.75. The first-order valence-corrected chi connectivity index (χ1v) is 7.27. The summed E-state index contributed by atoms with van der Waals surface area (Å²) < 4.78 is 4.76. The fourth-order valence-electron chi connectivity index (χ4n) is 2.04. The number of benzene rings is 1. The minimum atomic E-state index is -1.19. The molecule has 3 amide bonds. The van der Waals surface area contributed by atoms with Crippen molar-refractivity contribution >= 4 is 46.9 Å². The number of halogens is 2. The fraction of sp³-hybridized carbons (Fsp3) is 0.286. The smallest absolute Gasteiger partial charge is 0.329 e. The highest BCUT2D eigenvalue weighted by Gasteiger charge is 2.42. The van der Waals surface area contributed by atoms with E-state index in [9.17, 15) is 19.2 Å². The molecule has 1 heterocycles. The van der Waals surface area contributed by atoms with Crippen molar-refractivity contribution in [2.75, 3.05) is 13.7 Å². The Bertz CT molecular complexity index is 678. The summed E-state index contributed by atoms with van der Waals surface area (Å²) in [5.74, 6) is -2.73. The lowest BCUT2D eigenvalue weighted by atomic mass is 10.1. The topological polar surface area (TPSA) is 92.8 Å². The number of amides is 3. The molecule has 7 nitrogen and oxygen atoms in total. The monoisotopic (exact) mass is 358 g/mol. The van der Waals surface area contributed by atoms with Crippen molar-refractivity contribution in [3.63, 3.8) is 0 Å². The first-order chi connectivity index (χ1) is 10.8. The minimum Gasteiger partial charge on any atom is -0.454 e. The Hall–Kier alpha value is -2.12. The van der Waals surface area contributed by atoms with E-state index in [4.69, 9.17) is 27.9 Å². The number of nitrogens with one attached hydrogen (secondary N) is 1. The summed E-state index contributed by atoms with van der Waals surface area (Å²) in [5, 5.41) is 2.54. The second-order valence-electron chi connectivity index (χ2n) is 4.75. The first-order valence-electron chi connectivity index (χ1n) is 6.52. The standard InChI is InChI=1S/C14H12Cl2N2O5/c1-6(14(22)23-5-11(19)17-2)18-12(20)7-3-9(15)10(16)4-8(7)13(18)21/h3-4,6H,5H2,1-2H3,(H,17,19)/t6-/m0/s1. The van der Waals surface area contributed by atoms with Crippen LogP contribution >= 0.6 is 23.2 Å². The summed E-state index contributed by atoms with van der Waals surface area (Å²) in [6.45, 7) is 0.831. The van der Waals surface area contributed by atoms with Crippen LogP contribution in [0.3, 0.4) is 0 Å². The van der Waals surface area contributed by atoms with Gasteiger partial charge in [0.05, 0.1) is 21.2 Å². The number of esters is 1. The summed E-state index contributed by atoms with van der Waals surface area (Å²) in [6, 6.07) is 1.37. The molecule has 0 saturated carbocycles. The predicted octanol–water partition coefficient (Wildman–Crippen LogP) is 1.27. The number of carbonyl (C=O) groups is 4. The zero-order chi connectivity index (χ0) is 17.3.